The van der Waals surface area contributed by atoms with Gasteiger partial charge in [0.15, 0.2) is 0 Å². The molecular weight excluding hydrogens is 274 g/mol. The van der Waals surface area contributed by atoms with Crippen LogP contribution < -0.4 is 0 Å². The van der Waals surface area contributed by atoms with E-state index >= 15 is 0 Å². The number of likely N-dealkylation sites (tertiary alicyclic amines) is 1. The second-order valence-corrected chi connectivity index (χ2v) is 5.53. The molecule has 114 valence electrons. The molecule has 1 N–H and O–H groups in total. The molecule has 0 aliphatic carbocycles. The zero-order chi connectivity index (χ0) is 15.6. The first-order valence-corrected chi connectivity index (χ1v) is 6.80. The maximum absolute atomic E-state index is 12.3. The van der Waals surface area contributed by atoms with Gasteiger partial charge in [-0.15, -0.1) is 0 Å². The standard InChI is InChI=1S/C14H19N3O4/c1-15-7-6-10(8-15)9-16(2)14(19)11-4-3-5-12(13(11)18)17(20)21/h3-5,10,18H,6-9H2,1-2H3. The van der Waals surface area contributed by atoms with E-state index < -0.39 is 22.3 Å². The van der Waals surface area contributed by atoms with Crippen LogP contribution in [-0.4, -0.2) is 59.5 Å². The van der Waals surface area contributed by atoms with Crippen LogP contribution in [0, 0.1) is 16.0 Å². The third-order valence-corrected chi connectivity index (χ3v) is 3.81. The Morgan fingerprint density at radius 3 is 2.86 bits per heavy atom. The second-order valence-electron chi connectivity index (χ2n) is 5.53. The summed E-state index contributed by atoms with van der Waals surface area (Å²) in [6.45, 7) is 2.51. The van der Waals surface area contributed by atoms with Crippen LogP contribution in [0.15, 0.2) is 18.2 Å². The third-order valence-electron chi connectivity index (χ3n) is 3.81. The van der Waals surface area contributed by atoms with Gasteiger partial charge in [-0.3, -0.25) is 14.9 Å². The van der Waals surface area contributed by atoms with Gasteiger partial charge in [0.1, 0.15) is 0 Å². The zero-order valence-electron chi connectivity index (χ0n) is 12.2. The predicted molar refractivity (Wildman–Crippen MR) is 77.3 cm³/mol. The zero-order valence-corrected chi connectivity index (χ0v) is 12.2. The van der Waals surface area contributed by atoms with E-state index in [4.69, 9.17) is 0 Å². The Hall–Kier alpha value is -2.15. The molecule has 0 bridgehead atoms. The van der Waals surface area contributed by atoms with E-state index in [2.05, 4.69) is 4.90 Å². The van der Waals surface area contributed by atoms with Gasteiger partial charge in [0.05, 0.1) is 10.5 Å². The summed E-state index contributed by atoms with van der Waals surface area (Å²) in [5, 5.41) is 20.7. The number of aromatic hydroxyl groups is 1. The van der Waals surface area contributed by atoms with Gasteiger partial charge < -0.3 is 14.9 Å². The summed E-state index contributed by atoms with van der Waals surface area (Å²) in [5.74, 6) is -0.571. The molecule has 0 saturated carbocycles. The minimum atomic E-state index is -0.696. The largest absolute Gasteiger partial charge is 0.502 e. The Morgan fingerprint density at radius 1 is 1.57 bits per heavy atom. The summed E-state index contributed by atoms with van der Waals surface area (Å²) in [7, 11) is 3.69. The van der Waals surface area contributed by atoms with Gasteiger partial charge in [0.25, 0.3) is 5.91 Å². The van der Waals surface area contributed by atoms with Crippen molar-refractivity contribution in [2.45, 2.75) is 6.42 Å². The molecule has 1 atom stereocenters. The molecule has 2 rings (SSSR count). The lowest BCUT2D eigenvalue weighted by molar-refractivity contribution is -0.385. The number of nitrogens with zero attached hydrogens (tertiary/aromatic N) is 3. The molecule has 7 heteroatoms. The van der Waals surface area contributed by atoms with E-state index in [1.807, 2.05) is 7.05 Å². The summed E-state index contributed by atoms with van der Waals surface area (Å²) in [5.41, 5.74) is -0.479. The molecule has 1 amide bonds. The fraction of sp³-hybridized carbons (Fsp3) is 0.500. The Kier molecular flexibility index (Phi) is 4.42. The van der Waals surface area contributed by atoms with E-state index in [9.17, 15) is 20.0 Å². The monoisotopic (exact) mass is 293 g/mol. The third kappa shape index (κ3) is 3.30. The van der Waals surface area contributed by atoms with Crippen LogP contribution in [0.25, 0.3) is 0 Å². The number of hydrogen-bond acceptors (Lipinski definition) is 5. The van der Waals surface area contributed by atoms with Gasteiger partial charge in [-0.05, 0) is 32.0 Å². The first-order valence-electron chi connectivity index (χ1n) is 6.80. The maximum atomic E-state index is 12.3. The Labute approximate surface area is 122 Å². The first kappa shape index (κ1) is 15.2. The number of carbonyl (C=O) groups is 1. The molecule has 1 aromatic rings. The SMILES string of the molecule is CN1CCC(CN(C)C(=O)c2cccc([N+](=O)[O-])c2O)C1. The summed E-state index contributed by atoms with van der Waals surface area (Å²) in [4.78, 5) is 26.2. The van der Waals surface area contributed by atoms with Gasteiger partial charge in [-0.25, -0.2) is 0 Å². The molecule has 1 unspecified atom stereocenters. The molecule has 21 heavy (non-hydrogen) atoms. The fourth-order valence-electron chi connectivity index (χ4n) is 2.70. The number of nitro benzene ring substituents is 1. The molecule has 1 fully saturated rings. The smallest absolute Gasteiger partial charge is 0.311 e. The molecule has 1 aromatic carbocycles. The Balaban J connectivity index is 2.12. The highest BCUT2D eigenvalue weighted by Crippen LogP contribution is 2.30. The Bertz CT molecular complexity index is 561. The average molecular weight is 293 g/mol. The van der Waals surface area contributed by atoms with E-state index in [0.717, 1.165) is 19.5 Å². The van der Waals surface area contributed by atoms with Crippen molar-refractivity contribution in [2.24, 2.45) is 5.92 Å². The van der Waals surface area contributed by atoms with E-state index in [1.54, 1.807) is 7.05 Å². The average Bonchev–Trinajstić information content (AvgIpc) is 2.83. The molecular formula is C14H19N3O4. The second kappa shape index (κ2) is 6.09. The van der Waals surface area contributed by atoms with Gasteiger partial charge in [-0.2, -0.15) is 0 Å². The van der Waals surface area contributed by atoms with Gasteiger partial charge in [-0.1, -0.05) is 6.07 Å². The molecule has 1 aliphatic heterocycles. The minimum absolute atomic E-state index is 0.0296. The summed E-state index contributed by atoms with van der Waals surface area (Å²) < 4.78 is 0. The van der Waals surface area contributed by atoms with Gasteiger partial charge in [0.2, 0.25) is 5.75 Å². The van der Waals surface area contributed by atoms with Crippen molar-refractivity contribution in [3.63, 3.8) is 0 Å². The van der Waals surface area contributed by atoms with Crippen molar-refractivity contribution < 1.29 is 14.8 Å². The molecule has 1 saturated heterocycles. The maximum Gasteiger partial charge on any atom is 0.311 e. The fourth-order valence-corrected chi connectivity index (χ4v) is 2.70. The number of hydrogen-bond donors (Lipinski definition) is 1. The van der Waals surface area contributed by atoms with Crippen LogP contribution in [0.4, 0.5) is 5.69 Å². The van der Waals surface area contributed by atoms with Crippen LogP contribution in [0.5, 0.6) is 5.75 Å². The van der Waals surface area contributed by atoms with Crippen molar-refractivity contribution in [1.29, 1.82) is 0 Å². The highest BCUT2D eigenvalue weighted by molar-refractivity contribution is 5.97. The molecule has 1 heterocycles. The number of carbonyl (C=O) groups excluding carboxylic acids is 1. The predicted octanol–water partition coefficient (Wildman–Crippen LogP) is 1.32. The minimum Gasteiger partial charge on any atom is -0.502 e. The van der Waals surface area contributed by atoms with Crippen LogP contribution in [0.1, 0.15) is 16.8 Å². The van der Waals surface area contributed by atoms with Crippen molar-refractivity contribution >= 4 is 11.6 Å². The molecule has 7 nitrogen and oxygen atoms in total. The molecule has 0 radical (unpaired) electrons. The summed E-state index contributed by atoms with van der Waals surface area (Å²) in [6.07, 6.45) is 1.02. The number of phenols is 1. The number of amides is 1. The van der Waals surface area contributed by atoms with Gasteiger partial charge >= 0.3 is 5.69 Å². The topological polar surface area (TPSA) is 86.9 Å². The van der Waals surface area contributed by atoms with Crippen molar-refractivity contribution in [3.8, 4) is 5.75 Å². The van der Waals surface area contributed by atoms with E-state index in [-0.39, 0.29) is 5.56 Å². The van der Waals surface area contributed by atoms with E-state index in [0.29, 0.717) is 12.5 Å². The van der Waals surface area contributed by atoms with Crippen LogP contribution in [0.2, 0.25) is 0 Å². The van der Waals surface area contributed by atoms with E-state index in [1.165, 1.54) is 23.1 Å². The highest BCUT2D eigenvalue weighted by Gasteiger charge is 2.26. The van der Waals surface area contributed by atoms with Crippen LogP contribution in [-0.2, 0) is 0 Å². The number of benzene rings is 1. The number of phenolic OH excluding ortho intramolecular Hbond substituents is 1. The molecule has 1 aliphatic rings. The van der Waals surface area contributed by atoms with Crippen molar-refractivity contribution in [1.82, 2.24) is 9.80 Å². The van der Waals surface area contributed by atoms with Crippen LogP contribution >= 0.6 is 0 Å². The highest BCUT2D eigenvalue weighted by atomic mass is 16.6. The normalized spacial score (nSPS) is 18.7. The van der Waals surface area contributed by atoms with Crippen molar-refractivity contribution in [2.75, 3.05) is 33.7 Å². The lowest BCUT2D eigenvalue weighted by atomic mass is 10.1. The number of para-hydroxylation sites is 1. The number of rotatable bonds is 4. The number of nitro groups is 1. The van der Waals surface area contributed by atoms with Crippen molar-refractivity contribution in [3.05, 3.63) is 33.9 Å². The first-order chi connectivity index (χ1) is 9.90. The van der Waals surface area contributed by atoms with Crippen LogP contribution in [0.3, 0.4) is 0 Å². The molecule has 0 spiro atoms. The quantitative estimate of drug-likeness (QED) is 0.668. The molecule has 0 aromatic heterocycles. The van der Waals surface area contributed by atoms with Gasteiger partial charge in [0, 0.05) is 26.2 Å². The Morgan fingerprint density at radius 2 is 2.29 bits per heavy atom. The lowest BCUT2D eigenvalue weighted by Gasteiger charge is -2.21. The lowest BCUT2D eigenvalue weighted by Crippen LogP contribution is -2.32. The summed E-state index contributed by atoms with van der Waals surface area (Å²) >= 11 is 0. The summed E-state index contributed by atoms with van der Waals surface area (Å²) in [6, 6.07) is 3.99.